The zero-order valence-corrected chi connectivity index (χ0v) is 16.7. The van der Waals surface area contributed by atoms with E-state index in [9.17, 15) is 9.67 Å². The van der Waals surface area contributed by atoms with Crippen molar-refractivity contribution in [1.82, 2.24) is 19.6 Å². The third-order valence-corrected chi connectivity index (χ3v) is 7.88. The van der Waals surface area contributed by atoms with Crippen molar-refractivity contribution in [3.05, 3.63) is 35.0 Å². The maximum absolute atomic E-state index is 13.6. The van der Waals surface area contributed by atoms with E-state index in [0.29, 0.717) is 24.7 Å². The summed E-state index contributed by atoms with van der Waals surface area (Å²) in [6.45, 7) is 8.28. The fourth-order valence-corrected chi connectivity index (χ4v) is 5.68. The van der Waals surface area contributed by atoms with Crippen LogP contribution in [-0.2, 0) is 9.09 Å². The summed E-state index contributed by atoms with van der Waals surface area (Å²) in [5, 5.41) is 13.2. The lowest BCUT2D eigenvalue weighted by atomic mass is 10.2. The lowest BCUT2D eigenvalue weighted by Crippen LogP contribution is -2.25. The minimum atomic E-state index is -3.17. The molecule has 0 bridgehead atoms. The SMILES string of the molecule is Cc1ccc(NCC(c2nc(C)c(O)[nH]2)P2(=O)OC[C@H](C)N2C)c(C)n1. The van der Waals surface area contributed by atoms with Gasteiger partial charge in [0, 0.05) is 18.3 Å². The minimum Gasteiger partial charge on any atom is -0.493 e. The molecular weight excluding hydrogens is 353 g/mol. The molecule has 8 nitrogen and oxygen atoms in total. The van der Waals surface area contributed by atoms with Crippen molar-refractivity contribution in [2.45, 2.75) is 39.4 Å². The Morgan fingerprint density at radius 2 is 2.12 bits per heavy atom. The molecule has 1 aliphatic heterocycles. The van der Waals surface area contributed by atoms with Crippen molar-refractivity contribution in [2.75, 3.05) is 25.5 Å². The van der Waals surface area contributed by atoms with E-state index in [4.69, 9.17) is 4.52 Å². The fourth-order valence-electron chi connectivity index (χ4n) is 3.08. The Morgan fingerprint density at radius 1 is 1.38 bits per heavy atom. The molecule has 3 N–H and O–H groups in total. The van der Waals surface area contributed by atoms with Gasteiger partial charge in [-0.3, -0.25) is 9.55 Å². The van der Waals surface area contributed by atoms with Crippen LogP contribution in [0.25, 0.3) is 0 Å². The van der Waals surface area contributed by atoms with Gasteiger partial charge in [0.2, 0.25) is 5.88 Å². The van der Waals surface area contributed by atoms with Crippen LogP contribution in [0.2, 0.25) is 0 Å². The first-order chi connectivity index (χ1) is 12.2. The topological polar surface area (TPSA) is 103 Å². The van der Waals surface area contributed by atoms with Crippen molar-refractivity contribution >= 4 is 13.2 Å². The van der Waals surface area contributed by atoms with E-state index in [1.165, 1.54) is 0 Å². The normalized spacial score (nSPS) is 24.7. The Bertz CT molecular complexity index is 833. The molecule has 142 valence electrons. The molecule has 2 aromatic rings. The Kier molecular flexibility index (Phi) is 5.10. The largest absolute Gasteiger partial charge is 0.493 e. The quantitative estimate of drug-likeness (QED) is 0.686. The lowest BCUT2D eigenvalue weighted by molar-refractivity contribution is 0.329. The number of rotatable bonds is 5. The van der Waals surface area contributed by atoms with Gasteiger partial charge >= 0.3 is 0 Å². The summed E-state index contributed by atoms with van der Waals surface area (Å²) < 4.78 is 21.2. The molecule has 9 heteroatoms. The van der Waals surface area contributed by atoms with Gasteiger partial charge in [-0.2, -0.15) is 0 Å². The van der Waals surface area contributed by atoms with Crippen LogP contribution in [0.1, 0.15) is 35.5 Å². The number of nitrogens with zero attached hydrogens (tertiary/aromatic N) is 3. The van der Waals surface area contributed by atoms with E-state index in [2.05, 4.69) is 20.3 Å². The molecule has 0 saturated carbocycles. The highest BCUT2D eigenvalue weighted by Crippen LogP contribution is 2.65. The molecule has 0 spiro atoms. The van der Waals surface area contributed by atoms with E-state index >= 15 is 0 Å². The Morgan fingerprint density at radius 3 is 2.65 bits per heavy atom. The van der Waals surface area contributed by atoms with Gasteiger partial charge in [0.05, 0.1) is 23.7 Å². The molecule has 1 saturated heterocycles. The molecule has 0 aliphatic carbocycles. The lowest BCUT2D eigenvalue weighted by Gasteiger charge is -2.28. The number of aromatic amines is 1. The van der Waals surface area contributed by atoms with E-state index in [-0.39, 0.29) is 11.9 Å². The fraction of sp³-hybridized carbons (Fsp3) is 0.529. The molecule has 3 atom stereocenters. The van der Waals surface area contributed by atoms with E-state index in [1.54, 1.807) is 18.6 Å². The van der Waals surface area contributed by atoms with Gasteiger partial charge in [-0.25, -0.2) is 9.65 Å². The van der Waals surface area contributed by atoms with Crippen LogP contribution in [0.15, 0.2) is 12.1 Å². The number of pyridine rings is 1. The van der Waals surface area contributed by atoms with Crippen molar-refractivity contribution in [3.8, 4) is 5.88 Å². The number of aromatic hydroxyl groups is 1. The number of nitrogens with one attached hydrogen (secondary N) is 2. The van der Waals surface area contributed by atoms with Gasteiger partial charge in [0.25, 0.3) is 7.52 Å². The zero-order valence-electron chi connectivity index (χ0n) is 15.8. The first kappa shape index (κ1) is 18.9. The average molecular weight is 379 g/mol. The maximum Gasteiger partial charge on any atom is 0.284 e. The molecule has 3 heterocycles. The van der Waals surface area contributed by atoms with Crippen molar-refractivity contribution in [3.63, 3.8) is 0 Å². The van der Waals surface area contributed by atoms with Gasteiger partial charge in [0.15, 0.2) is 0 Å². The Labute approximate surface area is 153 Å². The molecule has 2 unspecified atom stereocenters. The summed E-state index contributed by atoms with van der Waals surface area (Å²) in [6.07, 6.45) is 0. The number of hydrogen-bond acceptors (Lipinski definition) is 6. The Balaban J connectivity index is 1.92. The van der Waals surface area contributed by atoms with Crippen LogP contribution >= 0.6 is 7.52 Å². The summed E-state index contributed by atoms with van der Waals surface area (Å²) >= 11 is 0. The predicted octanol–water partition coefficient (Wildman–Crippen LogP) is 3.13. The number of imidazole rings is 1. The average Bonchev–Trinajstić information content (AvgIpc) is 3.04. The third kappa shape index (κ3) is 3.37. The van der Waals surface area contributed by atoms with E-state index in [0.717, 1.165) is 17.1 Å². The Hall–Kier alpha value is -1.89. The molecular formula is C17H26N5O3P. The van der Waals surface area contributed by atoms with E-state index in [1.807, 2.05) is 32.9 Å². The van der Waals surface area contributed by atoms with E-state index < -0.39 is 13.2 Å². The molecule has 1 fully saturated rings. The van der Waals surface area contributed by atoms with Crippen molar-refractivity contribution in [1.29, 1.82) is 0 Å². The second-order valence-corrected chi connectivity index (χ2v) is 9.46. The third-order valence-electron chi connectivity index (χ3n) is 4.88. The number of likely N-dealkylation sites (N-methyl/N-ethyl adjacent to an activating group) is 1. The zero-order chi connectivity index (χ0) is 19.1. The first-order valence-electron chi connectivity index (χ1n) is 8.63. The monoisotopic (exact) mass is 379 g/mol. The van der Waals surface area contributed by atoms with Gasteiger partial charge in [-0.1, -0.05) is 0 Å². The number of anilines is 1. The van der Waals surface area contributed by atoms with Crippen LogP contribution in [0.4, 0.5) is 5.69 Å². The minimum absolute atomic E-state index is 0.0142. The molecule has 26 heavy (non-hydrogen) atoms. The van der Waals surface area contributed by atoms with Crippen LogP contribution in [0, 0.1) is 20.8 Å². The second-order valence-electron chi connectivity index (χ2n) is 6.82. The predicted molar refractivity (Wildman–Crippen MR) is 101 cm³/mol. The maximum atomic E-state index is 13.6. The van der Waals surface area contributed by atoms with Gasteiger partial charge in [-0.15, -0.1) is 0 Å². The highest BCUT2D eigenvalue weighted by Gasteiger charge is 2.47. The van der Waals surface area contributed by atoms with Crippen LogP contribution < -0.4 is 5.32 Å². The number of H-pyrrole nitrogens is 1. The molecule has 0 aromatic carbocycles. The van der Waals surface area contributed by atoms with Crippen LogP contribution in [0.3, 0.4) is 0 Å². The molecule has 2 aromatic heterocycles. The van der Waals surface area contributed by atoms with Gasteiger partial charge < -0.3 is 19.9 Å². The standard InChI is InChI=1S/C17H26N5O3P/c1-10-6-7-14(12(3)19-10)18-8-15(16-20-13(4)17(23)21-16)26(24)22(5)11(2)9-25-26/h6-7,11,15,18,23H,8-9H2,1-5H3,(H,20,21)/t11-,15?,26?/m0/s1. The highest BCUT2D eigenvalue weighted by atomic mass is 31.2. The summed E-state index contributed by atoms with van der Waals surface area (Å²) in [7, 11) is -1.37. The summed E-state index contributed by atoms with van der Waals surface area (Å²) in [6, 6.07) is 3.93. The smallest absolute Gasteiger partial charge is 0.284 e. The number of hydrogen-bond donors (Lipinski definition) is 3. The second kappa shape index (κ2) is 7.02. The molecule has 3 rings (SSSR count). The summed E-state index contributed by atoms with van der Waals surface area (Å²) in [5.74, 6) is 0.439. The highest BCUT2D eigenvalue weighted by molar-refractivity contribution is 7.57. The van der Waals surface area contributed by atoms with Gasteiger partial charge in [0.1, 0.15) is 11.5 Å². The summed E-state index contributed by atoms with van der Waals surface area (Å²) in [4.78, 5) is 11.7. The van der Waals surface area contributed by atoms with Crippen molar-refractivity contribution in [2.24, 2.45) is 0 Å². The number of aryl methyl sites for hydroxylation is 3. The summed E-state index contributed by atoms with van der Waals surface area (Å²) in [5.41, 5.74) is 2.61. The van der Waals surface area contributed by atoms with Gasteiger partial charge in [-0.05, 0) is 46.9 Å². The molecule has 1 aliphatic rings. The van der Waals surface area contributed by atoms with Crippen molar-refractivity contribution < 1.29 is 14.2 Å². The van der Waals surface area contributed by atoms with Crippen LogP contribution in [-0.4, -0.2) is 51.0 Å². The first-order valence-corrected chi connectivity index (χ1v) is 10.3. The molecule has 0 amide bonds. The number of aromatic nitrogens is 3. The molecule has 0 radical (unpaired) electrons. The van der Waals surface area contributed by atoms with Crippen LogP contribution in [0.5, 0.6) is 5.88 Å².